The molecule has 0 aliphatic heterocycles. The minimum Gasteiger partial charge on any atom is -0.362 e. The summed E-state index contributed by atoms with van der Waals surface area (Å²) in [6, 6.07) is 3.46. The highest BCUT2D eigenvalue weighted by molar-refractivity contribution is 5.96. The van der Waals surface area contributed by atoms with Crippen LogP contribution in [0.1, 0.15) is 42.4 Å². The average molecular weight is 378 g/mol. The number of hydrogen-bond donors (Lipinski definition) is 2. The second kappa shape index (κ2) is 7.34. The van der Waals surface area contributed by atoms with Crippen LogP contribution in [0.3, 0.4) is 0 Å². The standard InChI is InChI=1S/C19H22N8O/c1-13-11-22-16(12-21-13)26-19(2)7-3-6-15(19)25-18(28)17-14(5-4-8-20-17)27-23-9-10-24-27/h4-5,8-12,15H,3,6-7H2,1-2H3,(H,22,26)(H,25,28)/t15-,19-/m0/s1. The highest BCUT2D eigenvalue weighted by atomic mass is 16.2. The lowest BCUT2D eigenvalue weighted by Crippen LogP contribution is -2.52. The molecule has 9 heteroatoms. The summed E-state index contributed by atoms with van der Waals surface area (Å²) in [7, 11) is 0. The van der Waals surface area contributed by atoms with Crippen molar-refractivity contribution in [2.75, 3.05) is 5.32 Å². The van der Waals surface area contributed by atoms with Gasteiger partial charge in [0.05, 0.1) is 42.1 Å². The fourth-order valence-corrected chi connectivity index (χ4v) is 3.60. The van der Waals surface area contributed by atoms with E-state index < -0.39 is 0 Å². The van der Waals surface area contributed by atoms with E-state index in [9.17, 15) is 4.79 Å². The maximum Gasteiger partial charge on any atom is 0.272 e. The quantitative estimate of drug-likeness (QED) is 0.698. The third-order valence-corrected chi connectivity index (χ3v) is 5.09. The zero-order chi connectivity index (χ0) is 19.6. The molecule has 2 N–H and O–H groups in total. The molecule has 0 spiro atoms. The van der Waals surface area contributed by atoms with Gasteiger partial charge >= 0.3 is 0 Å². The Balaban J connectivity index is 1.53. The summed E-state index contributed by atoms with van der Waals surface area (Å²) in [5.74, 6) is 0.455. The molecule has 28 heavy (non-hydrogen) atoms. The Kier molecular flexibility index (Phi) is 4.72. The lowest BCUT2D eigenvalue weighted by atomic mass is 9.95. The molecule has 0 radical (unpaired) electrons. The molecule has 1 aliphatic rings. The molecule has 144 valence electrons. The van der Waals surface area contributed by atoms with Crippen molar-refractivity contribution in [3.8, 4) is 5.69 Å². The van der Waals surface area contributed by atoms with Crippen molar-refractivity contribution in [2.45, 2.75) is 44.7 Å². The maximum atomic E-state index is 13.0. The molecule has 1 amide bonds. The van der Waals surface area contributed by atoms with E-state index in [1.54, 1.807) is 43.1 Å². The average Bonchev–Trinajstić information content (AvgIpc) is 3.34. The molecule has 1 saturated carbocycles. The molecule has 3 aromatic rings. The van der Waals surface area contributed by atoms with Crippen LogP contribution in [0, 0.1) is 6.92 Å². The van der Waals surface area contributed by atoms with Gasteiger partial charge in [-0.05, 0) is 45.2 Å². The normalized spacial score (nSPS) is 21.4. The minimum atomic E-state index is -0.321. The van der Waals surface area contributed by atoms with E-state index in [-0.39, 0.29) is 17.5 Å². The summed E-state index contributed by atoms with van der Waals surface area (Å²) >= 11 is 0. The Labute approximate surface area is 162 Å². The van der Waals surface area contributed by atoms with E-state index in [1.807, 2.05) is 6.92 Å². The predicted octanol–water partition coefficient (Wildman–Crippen LogP) is 1.91. The van der Waals surface area contributed by atoms with Crippen LogP contribution in [0.15, 0.2) is 43.1 Å². The van der Waals surface area contributed by atoms with Crippen LogP contribution >= 0.6 is 0 Å². The van der Waals surface area contributed by atoms with Gasteiger partial charge in [-0.15, -0.1) is 4.80 Å². The molecule has 1 fully saturated rings. The molecule has 3 aromatic heterocycles. The Morgan fingerprint density at radius 3 is 2.75 bits per heavy atom. The number of aromatic nitrogens is 6. The number of pyridine rings is 1. The first-order valence-corrected chi connectivity index (χ1v) is 9.24. The fraction of sp³-hybridized carbons (Fsp3) is 0.368. The van der Waals surface area contributed by atoms with Crippen molar-refractivity contribution in [2.24, 2.45) is 0 Å². The minimum absolute atomic E-state index is 0.0662. The van der Waals surface area contributed by atoms with Gasteiger partial charge in [-0.25, -0.2) is 9.97 Å². The molecule has 2 atom stereocenters. The van der Waals surface area contributed by atoms with Crippen molar-refractivity contribution in [1.29, 1.82) is 0 Å². The highest BCUT2D eigenvalue weighted by Crippen LogP contribution is 2.33. The number of anilines is 1. The van der Waals surface area contributed by atoms with Crippen LogP contribution in [0.4, 0.5) is 5.82 Å². The SMILES string of the molecule is Cc1cnc(N[C@@]2(C)CCC[C@@H]2NC(=O)c2ncccc2-n2nccn2)cn1. The summed E-state index contributed by atoms with van der Waals surface area (Å²) in [5, 5.41) is 14.8. The number of nitrogens with one attached hydrogen (secondary N) is 2. The highest BCUT2D eigenvalue weighted by Gasteiger charge is 2.40. The first-order chi connectivity index (χ1) is 13.5. The number of hydrogen-bond acceptors (Lipinski definition) is 7. The molecule has 3 heterocycles. The molecule has 1 aliphatic carbocycles. The van der Waals surface area contributed by atoms with E-state index in [1.165, 1.54) is 4.80 Å². The Bertz CT molecular complexity index is 956. The number of carbonyl (C=O) groups is 1. The summed E-state index contributed by atoms with van der Waals surface area (Å²) in [4.78, 5) is 27.3. The van der Waals surface area contributed by atoms with Gasteiger partial charge in [-0.2, -0.15) is 10.2 Å². The molecule has 0 bridgehead atoms. The molecular formula is C19H22N8O. The van der Waals surface area contributed by atoms with Crippen LogP contribution in [-0.4, -0.2) is 47.4 Å². The monoisotopic (exact) mass is 378 g/mol. The van der Waals surface area contributed by atoms with Crippen LogP contribution in [-0.2, 0) is 0 Å². The van der Waals surface area contributed by atoms with Gasteiger partial charge in [0.1, 0.15) is 11.5 Å². The molecule has 0 aromatic carbocycles. The van der Waals surface area contributed by atoms with Crippen molar-refractivity contribution in [1.82, 2.24) is 35.3 Å². The Morgan fingerprint density at radius 1 is 1.18 bits per heavy atom. The van der Waals surface area contributed by atoms with Crippen molar-refractivity contribution < 1.29 is 4.79 Å². The summed E-state index contributed by atoms with van der Waals surface area (Å²) in [6.07, 6.45) is 11.0. The number of nitrogens with zero attached hydrogens (tertiary/aromatic N) is 6. The largest absolute Gasteiger partial charge is 0.362 e. The second-order valence-corrected chi connectivity index (χ2v) is 7.19. The predicted molar refractivity (Wildman–Crippen MR) is 103 cm³/mol. The third-order valence-electron chi connectivity index (χ3n) is 5.09. The fourth-order valence-electron chi connectivity index (χ4n) is 3.60. The van der Waals surface area contributed by atoms with Crippen LogP contribution in [0.25, 0.3) is 5.69 Å². The van der Waals surface area contributed by atoms with Gasteiger partial charge < -0.3 is 10.6 Å². The summed E-state index contributed by atoms with van der Waals surface area (Å²) in [5.41, 5.74) is 1.38. The van der Waals surface area contributed by atoms with Gasteiger partial charge in [-0.3, -0.25) is 9.78 Å². The number of amides is 1. The van der Waals surface area contributed by atoms with Crippen LogP contribution < -0.4 is 10.6 Å². The second-order valence-electron chi connectivity index (χ2n) is 7.19. The van der Waals surface area contributed by atoms with E-state index in [4.69, 9.17) is 0 Å². The number of carbonyl (C=O) groups excluding carboxylic acids is 1. The molecule has 9 nitrogen and oxygen atoms in total. The van der Waals surface area contributed by atoms with Crippen molar-refractivity contribution in [3.63, 3.8) is 0 Å². The van der Waals surface area contributed by atoms with Gasteiger partial charge in [0.15, 0.2) is 5.69 Å². The first-order valence-electron chi connectivity index (χ1n) is 9.24. The van der Waals surface area contributed by atoms with E-state index in [0.29, 0.717) is 17.2 Å². The zero-order valence-electron chi connectivity index (χ0n) is 15.8. The van der Waals surface area contributed by atoms with Crippen LogP contribution in [0.2, 0.25) is 0 Å². The van der Waals surface area contributed by atoms with E-state index in [0.717, 1.165) is 25.0 Å². The zero-order valence-corrected chi connectivity index (χ0v) is 15.8. The lowest BCUT2D eigenvalue weighted by Gasteiger charge is -2.33. The van der Waals surface area contributed by atoms with E-state index >= 15 is 0 Å². The third kappa shape index (κ3) is 3.55. The van der Waals surface area contributed by atoms with Crippen molar-refractivity contribution >= 4 is 11.7 Å². The van der Waals surface area contributed by atoms with Gasteiger partial charge in [0, 0.05) is 6.20 Å². The molecule has 0 saturated heterocycles. The number of rotatable bonds is 5. The summed E-state index contributed by atoms with van der Waals surface area (Å²) < 4.78 is 0. The van der Waals surface area contributed by atoms with Crippen molar-refractivity contribution in [3.05, 3.63) is 54.5 Å². The van der Waals surface area contributed by atoms with Crippen LogP contribution in [0.5, 0.6) is 0 Å². The maximum absolute atomic E-state index is 13.0. The van der Waals surface area contributed by atoms with Gasteiger partial charge in [0.25, 0.3) is 5.91 Å². The molecule has 4 rings (SSSR count). The first kappa shape index (κ1) is 18.0. The Hall–Kier alpha value is -3.36. The van der Waals surface area contributed by atoms with Gasteiger partial charge in [-0.1, -0.05) is 0 Å². The summed E-state index contributed by atoms with van der Waals surface area (Å²) in [6.45, 7) is 4.00. The van der Waals surface area contributed by atoms with E-state index in [2.05, 4.69) is 42.7 Å². The molecule has 0 unspecified atom stereocenters. The smallest absolute Gasteiger partial charge is 0.272 e. The number of aryl methyl sites for hydroxylation is 1. The Morgan fingerprint density at radius 2 is 2.00 bits per heavy atom. The topological polar surface area (TPSA) is 111 Å². The lowest BCUT2D eigenvalue weighted by molar-refractivity contribution is 0.0921. The van der Waals surface area contributed by atoms with Gasteiger partial charge in [0.2, 0.25) is 0 Å². The molecular weight excluding hydrogens is 356 g/mol.